The van der Waals surface area contributed by atoms with Crippen LogP contribution in [0.1, 0.15) is 0 Å². The van der Waals surface area contributed by atoms with Gasteiger partial charge in [-0.05, 0) is 36.4 Å². The third-order valence-electron chi connectivity index (χ3n) is 3.86. The quantitative estimate of drug-likeness (QED) is 0.473. The molecule has 0 saturated heterocycles. The summed E-state index contributed by atoms with van der Waals surface area (Å²) in [6, 6.07) is 15.0. The van der Waals surface area contributed by atoms with Gasteiger partial charge in [-0.15, -0.1) is 0 Å². The molecule has 0 atom stereocenters. The molecule has 7 heteroatoms. The largest absolute Gasteiger partial charge is 0.352 e. The molecule has 0 fully saturated rings. The summed E-state index contributed by atoms with van der Waals surface area (Å²) < 4.78 is 3.69. The zero-order valence-electron chi connectivity index (χ0n) is 12.6. The molecular formula is C17H11BrN4O2. The van der Waals surface area contributed by atoms with Gasteiger partial charge in [0.05, 0.1) is 11.0 Å². The Morgan fingerprint density at radius 1 is 0.958 bits per heavy atom. The summed E-state index contributed by atoms with van der Waals surface area (Å²) in [6.45, 7) is 0. The first-order chi connectivity index (χ1) is 11.6. The molecule has 2 aliphatic heterocycles. The number of benzene rings is 2. The molecule has 2 aliphatic rings. The molecule has 118 valence electrons. The van der Waals surface area contributed by atoms with Crippen LogP contribution >= 0.6 is 15.9 Å². The summed E-state index contributed by atoms with van der Waals surface area (Å²) in [5, 5.41) is 0. The molecule has 0 unspecified atom stereocenters. The molecule has 2 aromatic rings. The third kappa shape index (κ3) is 2.16. The van der Waals surface area contributed by atoms with Gasteiger partial charge in [-0.3, -0.25) is 13.9 Å². The summed E-state index contributed by atoms with van der Waals surface area (Å²) in [5.74, 6) is 0.254. The number of halogens is 1. The maximum absolute atomic E-state index is 12.5. The van der Waals surface area contributed by atoms with Gasteiger partial charge in [0, 0.05) is 17.2 Å². The van der Waals surface area contributed by atoms with E-state index in [1.165, 1.54) is 7.05 Å². The Bertz CT molecular complexity index is 1160. The highest BCUT2D eigenvalue weighted by molar-refractivity contribution is 9.10. The van der Waals surface area contributed by atoms with Crippen LogP contribution in [0.25, 0.3) is 28.2 Å². The summed E-state index contributed by atoms with van der Waals surface area (Å²) in [6.07, 6.45) is 0. The van der Waals surface area contributed by atoms with Crippen LogP contribution in [-0.2, 0) is 7.05 Å². The Hall–Kier alpha value is -2.80. The molecule has 0 aromatic heterocycles. The number of hydrogen-bond donors (Lipinski definition) is 0. The van der Waals surface area contributed by atoms with Gasteiger partial charge >= 0.3 is 5.69 Å². The molecule has 0 bridgehead atoms. The number of para-hydroxylation sites is 2. The maximum atomic E-state index is 12.5. The summed E-state index contributed by atoms with van der Waals surface area (Å²) in [7, 11) is 1.40. The zero-order chi connectivity index (χ0) is 16.8. The van der Waals surface area contributed by atoms with E-state index < -0.39 is 11.2 Å². The van der Waals surface area contributed by atoms with Crippen LogP contribution in [0.3, 0.4) is 0 Å². The van der Waals surface area contributed by atoms with Gasteiger partial charge in [0.2, 0.25) is 0 Å². The Kier molecular flexibility index (Phi) is 3.31. The molecule has 0 spiro atoms. The fraction of sp³-hybridized carbons (Fsp3) is 0.0588. The van der Waals surface area contributed by atoms with Gasteiger partial charge in [-0.1, -0.05) is 28.1 Å². The van der Waals surface area contributed by atoms with E-state index in [2.05, 4.69) is 25.9 Å². The number of rotatable bonds is 1. The average molecular weight is 383 g/mol. The molecule has 24 heavy (non-hydrogen) atoms. The fourth-order valence-corrected chi connectivity index (χ4v) is 2.91. The van der Waals surface area contributed by atoms with Crippen molar-refractivity contribution in [2.75, 3.05) is 0 Å². The highest BCUT2D eigenvalue weighted by Crippen LogP contribution is 2.25. The summed E-state index contributed by atoms with van der Waals surface area (Å²) in [4.78, 5) is 33.0. The predicted octanol–water partition coefficient (Wildman–Crippen LogP) is 2.35. The minimum absolute atomic E-state index is 0.165. The molecular weight excluding hydrogens is 372 g/mol. The predicted molar refractivity (Wildman–Crippen MR) is 94.7 cm³/mol. The Morgan fingerprint density at radius 3 is 2.42 bits per heavy atom. The van der Waals surface area contributed by atoms with Crippen LogP contribution < -0.4 is 11.2 Å². The van der Waals surface area contributed by atoms with E-state index in [1.54, 1.807) is 4.57 Å². The van der Waals surface area contributed by atoms with Crippen molar-refractivity contribution in [3.05, 3.63) is 73.8 Å². The summed E-state index contributed by atoms with van der Waals surface area (Å²) >= 11 is 3.41. The zero-order valence-corrected chi connectivity index (χ0v) is 14.2. The number of nitrogens with zero attached hydrogens (tertiary/aromatic N) is 4. The lowest BCUT2D eigenvalue weighted by Gasteiger charge is -2.17. The topological polar surface area (TPSA) is 69.8 Å². The first-order valence-electron chi connectivity index (χ1n) is 7.21. The first kappa shape index (κ1) is 14.8. The standard InChI is InChI=1S/C17H11BrN4O2/c1-21-16(23)14-15(20-17(21)24)22(11-8-6-10(18)7-9-11)13-5-3-2-4-12(13)19-14/h2-9H,1H3. The number of hydrogen-bond acceptors (Lipinski definition) is 4. The van der Waals surface area contributed by atoms with Crippen LogP contribution in [0.2, 0.25) is 0 Å². The second kappa shape index (κ2) is 5.38. The van der Waals surface area contributed by atoms with Gasteiger partial charge in [-0.2, -0.15) is 4.98 Å². The van der Waals surface area contributed by atoms with Crippen molar-refractivity contribution in [1.29, 1.82) is 0 Å². The molecule has 2 aromatic carbocycles. The molecule has 0 radical (unpaired) electrons. The molecule has 0 N–H and O–H groups in total. The van der Waals surface area contributed by atoms with E-state index in [9.17, 15) is 9.59 Å². The van der Waals surface area contributed by atoms with Gasteiger partial charge in [0.15, 0.2) is 11.5 Å². The Labute approximate surface area is 144 Å². The van der Waals surface area contributed by atoms with Crippen LogP contribution in [0, 0.1) is 0 Å². The first-order valence-corrected chi connectivity index (χ1v) is 8.00. The van der Waals surface area contributed by atoms with E-state index in [0.29, 0.717) is 5.52 Å². The monoisotopic (exact) mass is 382 g/mol. The van der Waals surface area contributed by atoms with Crippen molar-refractivity contribution in [3.8, 4) is 17.2 Å². The van der Waals surface area contributed by atoms with Crippen molar-refractivity contribution in [1.82, 2.24) is 19.1 Å². The lowest BCUT2D eigenvalue weighted by Crippen LogP contribution is -2.36. The van der Waals surface area contributed by atoms with Crippen LogP contribution in [0.4, 0.5) is 0 Å². The second-order valence-electron chi connectivity index (χ2n) is 5.34. The van der Waals surface area contributed by atoms with Gasteiger partial charge in [-0.25, -0.2) is 9.78 Å². The van der Waals surface area contributed by atoms with Gasteiger partial charge in [0.1, 0.15) is 0 Å². The van der Waals surface area contributed by atoms with E-state index in [1.807, 2.05) is 48.5 Å². The molecule has 0 saturated carbocycles. The minimum atomic E-state index is -0.601. The normalized spacial score (nSPS) is 11.2. The van der Waals surface area contributed by atoms with Gasteiger partial charge in [0.25, 0.3) is 5.56 Å². The average Bonchev–Trinajstić information content (AvgIpc) is 2.59. The lowest BCUT2D eigenvalue weighted by molar-refractivity contribution is 0.759. The summed E-state index contributed by atoms with van der Waals surface area (Å²) in [5.41, 5.74) is 1.33. The van der Waals surface area contributed by atoms with Crippen molar-refractivity contribution < 1.29 is 0 Å². The van der Waals surface area contributed by atoms with E-state index in [-0.39, 0.29) is 11.5 Å². The lowest BCUT2D eigenvalue weighted by atomic mass is 10.2. The van der Waals surface area contributed by atoms with E-state index >= 15 is 0 Å². The molecule has 0 aliphatic carbocycles. The molecule has 4 rings (SSSR count). The van der Waals surface area contributed by atoms with Crippen molar-refractivity contribution in [3.63, 3.8) is 0 Å². The highest BCUT2D eigenvalue weighted by Gasteiger charge is 2.20. The minimum Gasteiger partial charge on any atom is -0.291 e. The fourth-order valence-electron chi connectivity index (χ4n) is 2.65. The number of aromatic nitrogens is 4. The highest BCUT2D eigenvalue weighted by atomic mass is 79.9. The van der Waals surface area contributed by atoms with Crippen LogP contribution in [0.15, 0.2) is 62.6 Å². The molecule has 0 amide bonds. The SMILES string of the molecule is Cn1c(=O)nc2n(-c3ccc(Br)cc3)c3ccccc3nc-2c1=O. The molecule has 6 nitrogen and oxygen atoms in total. The molecule has 2 heterocycles. The van der Waals surface area contributed by atoms with Gasteiger partial charge < -0.3 is 0 Å². The third-order valence-corrected chi connectivity index (χ3v) is 4.39. The van der Waals surface area contributed by atoms with E-state index in [4.69, 9.17) is 0 Å². The van der Waals surface area contributed by atoms with Crippen LogP contribution in [-0.4, -0.2) is 19.1 Å². The maximum Gasteiger partial charge on any atom is 0.352 e. The van der Waals surface area contributed by atoms with Crippen molar-refractivity contribution >= 4 is 27.0 Å². The van der Waals surface area contributed by atoms with Crippen LogP contribution in [0.5, 0.6) is 0 Å². The Morgan fingerprint density at radius 2 is 1.67 bits per heavy atom. The van der Waals surface area contributed by atoms with E-state index in [0.717, 1.165) is 20.2 Å². The second-order valence-corrected chi connectivity index (χ2v) is 6.26. The van der Waals surface area contributed by atoms with Crippen molar-refractivity contribution in [2.45, 2.75) is 0 Å². The number of fused-ring (bicyclic) bond motifs is 2. The van der Waals surface area contributed by atoms with Crippen molar-refractivity contribution in [2.24, 2.45) is 7.05 Å². The Balaban J connectivity index is 2.25. The smallest absolute Gasteiger partial charge is 0.291 e.